The van der Waals surface area contributed by atoms with Gasteiger partial charge in [0.05, 0.1) is 0 Å². The van der Waals surface area contributed by atoms with Crippen molar-refractivity contribution in [1.29, 1.82) is 0 Å². The summed E-state index contributed by atoms with van der Waals surface area (Å²) < 4.78 is 0. The van der Waals surface area contributed by atoms with Crippen molar-refractivity contribution in [3.8, 4) is 0 Å². The maximum atomic E-state index is 4.69. The van der Waals surface area contributed by atoms with Crippen LogP contribution in [0.1, 0.15) is 31.9 Å². The van der Waals surface area contributed by atoms with Crippen LogP contribution in [0.3, 0.4) is 0 Å². The van der Waals surface area contributed by atoms with E-state index in [1.165, 1.54) is 25.9 Å². The highest BCUT2D eigenvalue weighted by molar-refractivity contribution is 5.45. The average Bonchev–Trinajstić information content (AvgIpc) is 2.92. The van der Waals surface area contributed by atoms with Crippen molar-refractivity contribution < 1.29 is 0 Å². The number of rotatable bonds is 4. The van der Waals surface area contributed by atoms with E-state index >= 15 is 0 Å². The van der Waals surface area contributed by atoms with Gasteiger partial charge in [-0.25, -0.2) is 4.98 Å². The minimum absolute atomic E-state index is 0.728. The average molecular weight is 275 g/mol. The molecule has 3 heterocycles. The molecule has 1 N–H and O–H groups in total. The van der Waals surface area contributed by atoms with E-state index in [9.17, 15) is 0 Å². The lowest BCUT2D eigenvalue weighted by Crippen LogP contribution is -2.50. The number of hydrogen-bond acceptors (Lipinski definition) is 5. The van der Waals surface area contributed by atoms with Gasteiger partial charge in [-0.05, 0) is 32.7 Å². The maximum absolute atomic E-state index is 4.69. The molecule has 0 radical (unpaired) electrons. The van der Waals surface area contributed by atoms with Crippen molar-refractivity contribution in [2.75, 3.05) is 42.9 Å². The first-order valence-corrected chi connectivity index (χ1v) is 7.85. The minimum atomic E-state index is 0.728. The second-order valence-electron chi connectivity index (χ2n) is 5.90. The van der Waals surface area contributed by atoms with Crippen LogP contribution in [-0.2, 0) is 0 Å². The van der Waals surface area contributed by atoms with Crippen molar-refractivity contribution in [2.24, 2.45) is 0 Å². The van der Waals surface area contributed by atoms with Crippen LogP contribution in [0.4, 0.5) is 11.8 Å². The van der Waals surface area contributed by atoms with Gasteiger partial charge in [0.1, 0.15) is 5.82 Å². The Bertz CT molecular complexity index is 462. The molecule has 20 heavy (non-hydrogen) atoms. The Labute approximate surface area is 121 Å². The fourth-order valence-corrected chi connectivity index (χ4v) is 3.23. The molecule has 0 bridgehead atoms. The van der Waals surface area contributed by atoms with Crippen LogP contribution in [0, 0.1) is 6.92 Å². The third kappa shape index (κ3) is 2.87. The fourth-order valence-electron chi connectivity index (χ4n) is 3.23. The van der Waals surface area contributed by atoms with Gasteiger partial charge in [0.2, 0.25) is 5.95 Å². The number of hydrogen-bond donors (Lipinski definition) is 1. The lowest BCUT2D eigenvalue weighted by molar-refractivity contribution is 0.230. The number of piperazine rings is 1. The topological polar surface area (TPSA) is 44.3 Å². The van der Waals surface area contributed by atoms with Crippen LogP contribution in [-0.4, -0.2) is 53.6 Å². The molecule has 0 aliphatic carbocycles. The van der Waals surface area contributed by atoms with Crippen LogP contribution in [0.2, 0.25) is 0 Å². The van der Waals surface area contributed by atoms with E-state index in [1.807, 2.05) is 6.92 Å². The quantitative estimate of drug-likeness (QED) is 0.909. The van der Waals surface area contributed by atoms with Crippen LogP contribution in [0.25, 0.3) is 0 Å². The smallest absolute Gasteiger partial charge is 0.224 e. The molecule has 0 amide bonds. The Morgan fingerprint density at radius 3 is 3.05 bits per heavy atom. The molecule has 2 fully saturated rings. The molecule has 0 saturated carbocycles. The van der Waals surface area contributed by atoms with E-state index in [-0.39, 0.29) is 0 Å². The number of nitrogens with one attached hydrogen (secondary N) is 1. The van der Waals surface area contributed by atoms with Crippen molar-refractivity contribution in [3.05, 3.63) is 11.8 Å². The van der Waals surface area contributed by atoms with E-state index in [1.54, 1.807) is 0 Å². The molecule has 3 rings (SSSR count). The summed E-state index contributed by atoms with van der Waals surface area (Å²) in [5.74, 6) is 1.86. The normalized spacial score (nSPS) is 22.9. The molecule has 0 aromatic carbocycles. The Balaban J connectivity index is 1.74. The van der Waals surface area contributed by atoms with Gasteiger partial charge < -0.3 is 10.2 Å². The molecule has 1 unspecified atom stereocenters. The molecule has 5 nitrogen and oxygen atoms in total. The van der Waals surface area contributed by atoms with E-state index in [2.05, 4.69) is 33.1 Å². The molecule has 2 saturated heterocycles. The second kappa shape index (κ2) is 5.95. The van der Waals surface area contributed by atoms with Crippen molar-refractivity contribution >= 4 is 11.8 Å². The summed E-state index contributed by atoms with van der Waals surface area (Å²) in [7, 11) is 0. The summed E-state index contributed by atoms with van der Waals surface area (Å²) in [6.45, 7) is 9.79. The first-order valence-electron chi connectivity index (χ1n) is 7.85. The molecular weight excluding hydrogens is 250 g/mol. The SMILES string of the molecule is CCCNc1nc(C)cc(N2CCN3CCCC3C2)n1. The molecule has 1 aromatic heterocycles. The van der Waals surface area contributed by atoms with Gasteiger partial charge in [0.15, 0.2) is 0 Å². The van der Waals surface area contributed by atoms with E-state index < -0.39 is 0 Å². The molecular formula is C15H25N5. The summed E-state index contributed by atoms with van der Waals surface area (Å²) in [5, 5.41) is 3.30. The maximum Gasteiger partial charge on any atom is 0.224 e. The summed E-state index contributed by atoms with van der Waals surface area (Å²) in [6, 6.07) is 2.84. The molecule has 1 atom stereocenters. The first kappa shape index (κ1) is 13.6. The van der Waals surface area contributed by atoms with E-state index in [4.69, 9.17) is 4.98 Å². The third-order valence-electron chi connectivity index (χ3n) is 4.29. The zero-order valence-electron chi connectivity index (χ0n) is 12.6. The summed E-state index contributed by atoms with van der Waals surface area (Å²) in [6.07, 6.45) is 3.78. The van der Waals surface area contributed by atoms with Crippen molar-refractivity contribution in [3.63, 3.8) is 0 Å². The zero-order chi connectivity index (χ0) is 13.9. The fraction of sp³-hybridized carbons (Fsp3) is 0.733. The van der Waals surface area contributed by atoms with Gasteiger partial charge in [-0.15, -0.1) is 0 Å². The number of anilines is 2. The minimum Gasteiger partial charge on any atom is -0.354 e. The van der Waals surface area contributed by atoms with Gasteiger partial charge in [-0.3, -0.25) is 4.90 Å². The monoisotopic (exact) mass is 275 g/mol. The van der Waals surface area contributed by atoms with Crippen LogP contribution in [0.5, 0.6) is 0 Å². The standard InChI is InChI=1S/C15H25N5/c1-3-6-16-15-17-12(2)10-14(18-15)20-9-8-19-7-4-5-13(19)11-20/h10,13H,3-9,11H2,1-2H3,(H,16,17,18). The predicted octanol–water partition coefficient (Wildman–Crippen LogP) is 1.89. The first-order chi connectivity index (χ1) is 9.76. The molecule has 2 aliphatic heterocycles. The zero-order valence-corrected chi connectivity index (χ0v) is 12.6. The van der Waals surface area contributed by atoms with Gasteiger partial charge in [-0.2, -0.15) is 4.98 Å². The van der Waals surface area contributed by atoms with Gasteiger partial charge in [0.25, 0.3) is 0 Å². The molecule has 2 aliphatic rings. The molecule has 1 aromatic rings. The number of fused-ring (bicyclic) bond motifs is 1. The Kier molecular flexibility index (Phi) is 4.05. The Morgan fingerprint density at radius 1 is 1.30 bits per heavy atom. The predicted molar refractivity (Wildman–Crippen MR) is 82.4 cm³/mol. The lowest BCUT2D eigenvalue weighted by Gasteiger charge is -2.38. The van der Waals surface area contributed by atoms with Gasteiger partial charge >= 0.3 is 0 Å². The van der Waals surface area contributed by atoms with Gasteiger partial charge in [0, 0.05) is 44.0 Å². The molecule has 110 valence electrons. The Morgan fingerprint density at radius 2 is 2.20 bits per heavy atom. The number of nitrogens with zero attached hydrogens (tertiary/aromatic N) is 4. The largest absolute Gasteiger partial charge is 0.354 e. The van der Waals surface area contributed by atoms with E-state index in [0.29, 0.717) is 0 Å². The number of aromatic nitrogens is 2. The van der Waals surface area contributed by atoms with Crippen molar-refractivity contribution in [1.82, 2.24) is 14.9 Å². The van der Waals surface area contributed by atoms with Crippen LogP contribution in [0.15, 0.2) is 6.07 Å². The van der Waals surface area contributed by atoms with Crippen LogP contribution < -0.4 is 10.2 Å². The van der Waals surface area contributed by atoms with Gasteiger partial charge in [-0.1, -0.05) is 6.92 Å². The third-order valence-corrected chi connectivity index (χ3v) is 4.29. The number of aryl methyl sites for hydroxylation is 1. The summed E-state index contributed by atoms with van der Waals surface area (Å²) in [5.41, 5.74) is 1.04. The highest BCUT2D eigenvalue weighted by Crippen LogP contribution is 2.25. The van der Waals surface area contributed by atoms with Crippen LogP contribution >= 0.6 is 0 Å². The van der Waals surface area contributed by atoms with E-state index in [0.717, 1.165) is 49.6 Å². The summed E-state index contributed by atoms with van der Waals surface area (Å²) in [4.78, 5) is 14.2. The highest BCUT2D eigenvalue weighted by Gasteiger charge is 2.31. The Hall–Kier alpha value is -1.36. The summed E-state index contributed by atoms with van der Waals surface area (Å²) >= 11 is 0. The molecule has 5 heteroatoms. The highest BCUT2D eigenvalue weighted by atomic mass is 15.3. The lowest BCUT2D eigenvalue weighted by atomic mass is 10.1. The molecule has 0 spiro atoms. The van der Waals surface area contributed by atoms with Crippen molar-refractivity contribution in [2.45, 2.75) is 39.2 Å². The second-order valence-corrected chi connectivity index (χ2v) is 5.90.